The molecule has 1 aromatic carbocycles. The first-order valence-electron chi connectivity index (χ1n) is 6.21. The van der Waals surface area contributed by atoms with Crippen LogP contribution in [-0.4, -0.2) is 21.1 Å². The van der Waals surface area contributed by atoms with Crippen LogP contribution in [0.15, 0.2) is 36.0 Å². The van der Waals surface area contributed by atoms with Crippen LogP contribution in [0.4, 0.5) is 10.1 Å². The molecule has 0 unspecified atom stereocenters. The number of carbonyl (C=O) groups is 2. The van der Waals surface area contributed by atoms with Gasteiger partial charge in [0.2, 0.25) is 0 Å². The highest BCUT2D eigenvalue weighted by Crippen LogP contribution is 2.32. The van der Waals surface area contributed by atoms with Crippen molar-refractivity contribution in [3.8, 4) is 0 Å². The van der Waals surface area contributed by atoms with Crippen molar-refractivity contribution in [3.63, 3.8) is 0 Å². The van der Waals surface area contributed by atoms with Crippen LogP contribution in [0, 0.1) is 5.82 Å². The van der Waals surface area contributed by atoms with Crippen molar-refractivity contribution in [1.29, 1.82) is 0 Å². The number of hydrogen-bond donors (Lipinski definition) is 0. The Morgan fingerprint density at radius 3 is 2.95 bits per heavy atom. The van der Waals surface area contributed by atoms with Crippen LogP contribution in [0.2, 0.25) is 0 Å². The van der Waals surface area contributed by atoms with Crippen LogP contribution in [0.1, 0.15) is 16.1 Å². The van der Waals surface area contributed by atoms with E-state index in [4.69, 9.17) is 0 Å². The maximum atomic E-state index is 14.0. The zero-order valence-corrected chi connectivity index (χ0v) is 11.4. The van der Waals surface area contributed by atoms with Crippen molar-refractivity contribution in [3.05, 3.63) is 53.0 Å². The zero-order valence-electron chi connectivity index (χ0n) is 10.6. The van der Waals surface area contributed by atoms with E-state index in [1.54, 1.807) is 6.20 Å². The first-order valence-corrected chi connectivity index (χ1v) is 7.09. The summed E-state index contributed by atoms with van der Waals surface area (Å²) >= 11 is 1.46. The van der Waals surface area contributed by atoms with Gasteiger partial charge in [-0.1, -0.05) is 6.07 Å². The highest BCUT2D eigenvalue weighted by molar-refractivity contribution is 7.15. The van der Waals surface area contributed by atoms with Crippen LogP contribution in [0.3, 0.4) is 0 Å². The number of amides is 1. The summed E-state index contributed by atoms with van der Waals surface area (Å²) in [6.07, 6.45) is 3.62. The van der Waals surface area contributed by atoms with Gasteiger partial charge < -0.3 is 0 Å². The van der Waals surface area contributed by atoms with E-state index in [0.29, 0.717) is 5.69 Å². The molecular formula is C14H8FN3O2S. The summed E-state index contributed by atoms with van der Waals surface area (Å²) in [5.74, 6) is -1.97. The lowest BCUT2D eigenvalue weighted by molar-refractivity contribution is -0.114. The third-order valence-corrected chi connectivity index (χ3v) is 4.17. The Balaban J connectivity index is 1.77. The van der Waals surface area contributed by atoms with E-state index in [1.807, 2.05) is 16.0 Å². The number of thiazole rings is 1. The highest BCUT2D eigenvalue weighted by atomic mass is 32.1. The standard InChI is InChI=1S/C14H8FN3O2S/c15-10-3-1-2-9-11(10)18(13(20)12(9)19)7-8-6-17-4-5-21-14(17)16-8/h1-6H,7H2. The molecule has 0 aliphatic carbocycles. The van der Waals surface area contributed by atoms with E-state index in [0.717, 1.165) is 9.86 Å². The maximum Gasteiger partial charge on any atom is 0.299 e. The zero-order chi connectivity index (χ0) is 14.6. The molecule has 3 heterocycles. The molecule has 0 bridgehead atoms. The number of aromatic nitrogens is 2. The average molecular weight is 301 g/mol. The molecule has 21 heavy (non-hydrogen) atoms. The SMILES string of the molecule is O=C1C(=O)N(Cc2cn3ccsc3n2)c2c(F)cccc21. The van der Waals surface area contributed by atoms with Gasteiger partial charge in [0, 0.05) is 17.8 Å². The Bertz CT molecular complexity index is 870. The molecule has 1 aliphatic heterocycles. The number of ketones is 1. The molecule has 0 saturated carbocycles. The Morgan fingerprint density at radius 2 is 2.14 bits per heavy atom. The van der Waals surface area contributed by atoms with E-state index in [1.165, 1.54) is 29.5 Å². The molecule has 1 amide bonds. The Kier molecular flexibility index (Phi) is 2.46. The molecule has 0 N–H and O–H groups in total. The van der Waals surface area contributed by atoms with Crippen LogP contribution in [0.25, 0.3) is 4.96 Å². The summed E-state index contributed by atoms with van der Waals surface area (Å²) in [6, 6.07) is 4.13. The predicted octanol–water partition coefficient (Wildman–Crippen LogP) is 2.26. The number of benzene rings is 1. The molecule has 3 aromatic rings. The minimum atomic E-state index is -0.716. The average Bonchev–Trinajstić information content (AvgIpc) is 3.09. The first kappa shape index (κ1) is 12.2. The quantitative estimate of drug-likeness (QED) is 0.682. The molecule has 1 aliphatic rings. The molecule has 104 valence electrons. The topological polar surface area (TPSA) is 54.7 Å². The van der Waals surface area contributed by atoms with Gasteiger partial charge in [0.25, 0.3) is 11.7 Å². The van der Waals surface area contributed by atoms with Gasteiger partial charge in [-0.05, 0) is 12.1 Å². The van der Waals surface area contributed by atoms with Crippen molar-refractivity contribution < 1.29 is 14.0 Å². The monoisotopic (exact) mass is 301 g/mol. The number of hydrogen-bond acceptors (Lipinski definition) is 4. The van der Waals surface area contributed by atoms with Crippen molar-refractivity contribution in [2.24, 2.45) is 0 Å². The van der Waals surface area contributed by atoms with Gasteiger partial charge >= 0.3 is 0 Å². The summed E-state index contributed by atoms with van der Waals surface area (Å²) in [5.41, 5.74) is 0.768. The van der Waals surface area contributed by atoms with Crippen molar-refractivity contribution in [2.45, 2.75) is 6.54 Å². The molecule has 7 heteroatoms. The summed E-state index contributed by atoms with van der Waals surface area (Å²) < 4.78 is 15.8. The summed E-state index contributed by atoms with van der Waals surface area (Å²) in [4.78, 5) is 30.2. The Hall–Kier alpha value is -2.54. The maximum absolute atomic E-state index is 14.0. The van der Waals surface area contributed by atoms with Gasteiger partial charge in [-0.2, -0.15) is 0 Å². The largest absolute Gasteiger partial charge is 0.299 e. The normalized spacial score (nSPS) is 14.2. The van der Waals surface area contributed by atoms with E-state index < -0.39 is 17.5 Å². The second-order valence-electron chi connectivity index (χ2n) is 4.68. The minimum absolute atomic E-state index is 0.0452. The fraction of sp³-hybridized carbons (Fsp3) is 0.0714. The predicted molar refractivity (Wildman–Crippen MR) is 75.0 cm³/mol. The van der Waals surface area contributed by atoms with Gasteiger partial charge in [0.15, 0.2) is 4.96 Å². The van der Waals surface area contributed by atoms with Crippen LogP contribution < -0.4 is 4.90 Å². The van der Waals surface area contributed by atoms with Gasteiger partial charge in [0.1, 0.15) is 5.82 Å². The van der Waals surface area contributed by atoms with Crippen LogP contribution >= 0.6 is 11.3 Å². The number of nitrogens with zero attached hydrogens (tertiary/aromatic N) is 3. The molecular weight excluding hydrogens is 293 g/mol. The molecule has 0 radical (unpaired) electrons. The van der Waals surface area contributed by atoms with Gasteiger partial charge in [-0.25, -0.2) is 9.37 Å². The number of fused-ring (bicyclic) bond motifs is 2. The fourth-order valence-electron chi connectivity index (χ4n) is 2.48. The summed E-state index contributed by atoms with van der Waals surface area (Å²) in [5, 5.41) is 1.89. The van der Waals surface area contributed by atoms with Gasteiger partial charge in [-0.3, -0.25) is 18.9 Å². The number of para-hydroxylation sites is 1. The van der Waals surface area contributed by atoms with E-state index in [9.17, 15) is 14.0 Å². The van der Waals surface area contributed by atoms with Gasteiger partial charge in [0.05, 0.1) is 23.5 Å². The van der Waals surface area contributed by atoms with Crippen molar-refractivity contribution >= 4 is 33.7 Å². The lowest BCUT2D eigenvalue weighted by atomic mass is 10.1. The first-order chi connectivity index (χ1) is 10.1. The lowest BCUT2D eigenvalue weighted by Crippen LogP contribution is -2.29. The summed E-state index contributed by atoms with van der Waals surface area (Å²) in [7, 11) is 0. The number of carbonyl (C=O) groups excluding carboxylic acids is 2. The molecule has 0 atom stereocenters. The van der Waals surface area contributed by atoms with E-state index in [-0.39, 0.29) is 17.8 Å². The number of halogens is 1. The Labute approximate surface area is 122 Å². The fourth-order valence-corrected chi connectivity index (χ4v) is 3.20. The van der Waals surface area contributed by atoms with Crippen LogP contribution in [0.5, 0.6) is 0 Å². The lowest BCUT2D eigenvalue weighted by Gasteiger charge is -2.15. The number of anilines is 1. The van der Waals surface area contributed by atoms with Crippen molar-refractivity contribution in [2.75, 3.05) is 4.90 Å². The van der Waals surface area contributed by atoms with E-state index >= 15 is 0 Å². The second kappa shape index (κ2) is 4.23. The van der Waals surface area contributed by atoms with Crippen LogP contribution in [-0.2, 0) is 11.3 Å². The smallest absolute Gasteiger partial charge is 0.297 e. The summed E-state index contributed by atoms with van der Waals surface area (Å²) in [6.45, 7) is 0.0763. The third kappa shape index (κ3) is 1.71. The number of imidazole rings is 1. The third-order valence-electron chi connectivity index (χ3n) is 3.40. The molecule has 4 rings (SSSR count). The van der Waals surface area contributed by atoms with E-state index in [2.05, 4.69) is 4.98 Å². The van der Waals surface area contributed by atoms with Gasteiger partial charge in [-0.15, -0.1) is 11.3 Å². The molecule has 0 saturated heterocycles. The molecule has 0 spiro atoms. The second-order valence-corrected chi connectivity index (χ2v) is 5.55. The number of rotatable bonds is 2. The molecule has 2 aromatic heterocycles. The highest BCUT2D eigenvalue weighted by Gasteiger charge is 2.38. The number of Topliss-reactive ketones (excluding diaryl/α,β-unsaturated/α-hetero) is 1. The molecule has 5 nitrogen and oxygen atoms in total. The minimum Gasteiger partial charge on any atom is -0.297 e. The van der Waals surface area contributed by atoms with Crippen molar-refractivity contribution in [1.82, 2.24) is 9.38 Å². The Morgan fingerprint density at radius 1 is 1.29 bits per heavy atom. The molecule has 0 fully saturated rings.